The van der Waals surface area contributed by atoms with E-state index in [1.165, 1.54) is 4.57 Å². The molecule has 3 aliphatic rings. The Balaban J connectivity index is 0.889. The van der Waals surface area contributed by atoms with Crippen molar-refractivity contribution in [2.24, 2.45) is 13.0 Å². The maximum Gasteiger partial charge on any atom is 0.329 e. The van der Waals surface area contributed by atoms with Crippen LogP contribution >= 0.6 is 11.6 Å². The number of halogens is 1. The third kappa shape index (κ3) is 8.72. The van der Waals surface area contributed by atoms with Crippen LogP contribution in [-0.4, -0.2) is 78.2 Å². The molecule has 0 spiro atoms. The highest BCUT2D eigenvalue weighted by Gasteiger charge is 2.37. The molecule has 2 unspecified atom stereocenters. The molecule has 0 radical (unpaired) electrons. The molecule has 1 N–H and O–H groups in total. The Kier molecular flexibility index (Phi) is 12.5. The zero-order valence-electron chi connectivity index (χ0n) is 36.5. The summed E-state index contributed by atoms with van der Waals surface area (Å²) >= 11 is 6.33. The topological polar surface area (TPSA) is 118 Å². The number of rotatable bonds is 13. The van der Waals surface area contributed by atoms with Crippen molar-refractivity contribution in [1.82, 2.24) is 19.4 Å². The van der Waals surface area contributed by atoms with Crippen molar-refractivity contribution in [3.05, 3.63) is 117 Å². The molecule has 13 heteroatoms. The second-order valence-corrected chi connectivity index (χ2v) is 18.0. The van der Waals surface area contributed by atoms with Crippen molar-refractivity contribution < 1.29 is 23.9 Å². The van der Waals surface area contributed by atoms with Gasteiger partial charge in [-0.2, -0.15) is 0 Å². The molecule has 326 valence electrons. The van der Waals surface area contributed by atoms with Crippen LogP contribution in [0.1, 0.15) is 86.7 Å². The smallest absolute Gasteiger partial charge is 0.329 e. The van der Waals surface area contributed by atoms with Crippen molar-refractivity contribution >= 4 is 51.7 Å². The lowest BCUT2D eigenvalue weighted by atomic mass is 9.85. The maximum absolute atomic E-state index is 14.1. The second kappa shape index (κ2) is 18.0. The average Bonchev–Trinajstić information content (AvgIpc) is 3.50. The number of hydrogen-bond donors (Lipinski definition) is 1. The van der Waals surface area contributed by atoms with Gasteiger partial charge in [0.25, 0.3) is 0 Å². The van der Waals surface area contributed by atoms with Gasteiger partial charge in [0.2, 0.25) is 17.7 Å². The Morgan fingerprint density at radius 3 is 2.26 bits per heavy atom. The Bertz CT molecular complexity index is 2520. The predicted molar refractivity (Wildman–Crippen MR) is 244 cm³/mol. The summed E-state index contributed by atoms with van der Waals surface area (Å²) < 4.78 is 15.0. The molecule has 1 aliphatic carbocycles. The van der Waals surface area contributed by atoms with Crippen LogP contribution in [0.25, 0.3) is 11.0 Å². The highest BCUT2D eigenvalue weighted by Crippen LogP contribution is 2.44. The number of piperidine rings is 1. The molecule has 1 saturated heterocycles. The number of carbonyl (C=O) groups is 3. The molecule has 0 bridgehead atoms. The second-order valence-electron chi connectivity index (χ2n) is 17.6. The summed E-state index contributed by atoms with van der Waals surface area (Å²) in [7, 11) is 7.73. The fourth-order valence-electron chi connectivity index (χ4n) is 9.74. The van der Waals surface area contributed by atoms with Gasteiger partial charge in [-0.25, -0.2) is 4.79 Å². The normalized spacial score (nSPS) is 20.5. The number of nitrogens with one attached hydrogen (secondary N) is 1. The largest absolute Gasteiger partial charge is 0.493 e. The monoisotopic (exact) mass is 860 g/mol. The summed E-state index contributed by atoms with van der Waals surface area (Å²) in [5.74, 6) is 1.13. The fourth-order valence-corrected chi connectivity index (χ4v) is 9.87. The van der Waals surface area contributed by atoms with Gasteiger partial charge in [-0.15, -0.1) is 0 Å². The number of benzene rings is 4. The zero-order chi connectivity index (χ0) is 43.8. The Hall–Kier alpha value is -5.59. The van der Waals surface area contributed by atoms with E-state index in [0.29, 0.717) is 40.4 Å². The summed E-state index contributed by atoms with van der Waals surface area (Å²) in [6.07, 6.45) is 6.16. The molecule has 1 aromatic heterocycles. The number of imidazole rings is 1. The average molecular weight is 861 g/mol. The number of fused-ring (bicyclic) bond motifs is 2. The summed E-state index contributed by atoms with van der Waals surface area (Å²) in [4.78, 5) is 58.3. The van der Waals surface area contributed by atoms with Gasteiger partial charge in [0.05, 0.1) is 36.7 Å². The minimum atomic E-state index is -0.688. The predicted octanol–water partition coefficient (Wildman–Crippen LogP) is 7.62. The van der Waals surface area contributed by atoms with E-state index >= 15 is 0 Å². The van der Waals surface area contributed by atoms with E-state index in [9.17, 15) is 19.2 Å². The number of aryl methyl sites for hydroxylation is 1. The molecule has 2 atom stereocenters. The standard InChI is InChI=1S/C49H57ClN6O6/c1-30(2)62-44-28-39-34(26-43(44)61-6)27-46(58)55(47(39)33-10-12-35(50)13-11-33)38-18-16-37(17-19-38)53(4)29-32-7-14-36(15-8-32)52(3)24-23-31-9-20-40-42(25-31)54(5)49(60)56(40)41-21-22-45(57)51-48(41)59/h9-13,16-20,25-26,28,30,32,36,41,47H,7-8,14-15,21-24,27,29H2,1-6H3,(H,51,57,59). The van der Waals surface area contributed by atoms with E-state index in [0.717, 1.165) is 84.3 Å². The number of hydrogen-bond acceptors (Lipinski definition) is 8. The van der Waals surface area contributed by atoms with Crippen molar-refractivity contribution in [2.75, 3.05) is 44.1 Å². The number of imide groups is 1. The lowest BCUT2D eigenvalue weighted by molar-refractivity contribution is -0.135. The third-order valence-electron chi connectivity index (χ3n) is 13.1. The summed E-state index contributed by atoms with van der Waals surface area (Å²) in [6, 6.07) is 25.5. The summed E-state index contributed by atoms with van der Waals surface area (Å²) in [5, 5.41) is 3.02. The summed E-state index contributed by atoms with van der Waals surface area (Å²) in [5.41, 5.74) is 7.22. The minimum Gasteiger partial charge on any atom is -0.493 e. The van der Waals surface area contributed by atoms with E-state index in [1.807, 2.05) is 61.2 Å². The molecule has 2 aliphatic heterocycles. The van der Waals surface area contributed by atoms with Crippen LogP contribution < -0.4 is 30.3 Å². The molecular weight excluding hydrogens is 804 g/mol. The van der Waals surface area contributed by atoms with Gasteiger partial charge in [0, 0.05) is 56.0 Å². The highest BCUT2D eigenvalue weighted by molar-refractivity contribution is 6.30. The molecule has 3 amide bonds. The molecule has 8 rings (SSSR count). The molecule has 3 heterocycles. The van der Waals surface area contributed by atoms with Gasteiger partial charge in [-0.3, -0.25) is 28.8 Å². The minimum absolute atomic E-state index is 0.00889. The van der Waals surface area contributed by atoms with Crippen LogP contribution in [-0.2, 0) is 34.3 Å². The number of aromatic nitrogens is 2. The fraction of sp³-hybridized carbons (Fsp3) is 0.429. The number of carbonyl (C=O) groups excluding carboxylic acids is 3. The third-order valence-corrected chi connectivity index (χ3v) is 13.4. The Morgan fingerprint density at radius 1 is 0.855 bits per heavy atom. The van der Waals surface area contributed by atoms with Gasteiger partial charge >= 0.3 is 5.69 Å². The van der Waals surface area contributed by atoms with Gasteiger partial charge in [-0.1, -0.05) is 29.8 Å². The number of nitrogens with zero attached hydrogens (tertiary/aromatic N) is 5. The lowest BCUT2D eigenvalue weighted by Crippen LogP contribution is -2.44. The van der Waals surface area contributed by atoms with Crippen molar-refractivity contribution in [1.29, 1.82) is 0 Å². The first-order chi connectivity index (χ1) is 29.8. The van der Waals surface area contributed by atoms with Crippen molar-refractivity contribution in [3.8, 4) is 11.5 Å². The van der Waals surface area contributed by atoms with Crippen LogP contribution in [0.15, 0.2) is 83.7 Å². The first kappa shape index (κ1) is 43.1. The molecule has 5 aromatic rings. The van der Waals surface area contributed by atoms with E-state index in [2.05, 4.69) is 65.6 Å². The van der Waals surface area contributed by atoms with E-state index in [-0.39, 0.29) is 42.5 Å². The summed E-state index contributed by atoms with van der Waals surface area (Å²) in [6.45, 7) is 5.83. The van der Waals surface area contributed by atoms with Gasteiger partial charge < -0.3 is 24.2 Å². The first-order valence-corrected chi connectivity index (χ1v) is 22.2. The van der Waals surface area contributed by atoms with E-state index in [4.69, 9.17) is 21.1 Å². The maximum atomic E-state index is 14.1. The highest BCUT2D eigenvalue weighted by atomic mass is 35.5. The van der Waals surface area contributed by atoms with E-state index in [1.54, 1.807) is 18.7 Å². The molecule has 4 aromatic carbocycles. The number of ether oxygens (including phenoxy) is 2. The van der Waals surface area contributed by atoms with Crippen LogP contribution in [0.2, 0.25) is 5.02 Å². The quantitative estimate of drug-likeness (QED) is 0.120. The lowest BCUT2D eigenvalue weighted by Gasteiger charge is -2.38. The Morgan fingerprint density at radius 2 is 1.58 bits per heavy atom. The number of amides is 3. The Labute approximate surface area is 368 Å². The van der Waals surface area contributed by atoms with Crippen LogP contribution in [0.3, 0.4) is 0 Å². The van der Waals surface area contributed by atoms with Crippen LogP contribution in [0.4, 0.5) is 11.4 Å². The first-order valence-electron chi connectivity index (χ1n) is 21.8. The molecule has 62 heavy (non-hydrogen) atoms. The van der Waals surface area contributed by atoms with Gasteiger partial charge in [0.15, 0.2) is 11.5 Å². The molecule has 1 saturated carbocycles. The van der Waals surface area contributed by atoms with Gasteiger partial charge in [0.1, 0.15) is 6.04 Å². The molecule has 12 nitrogen and oxygen atoms in total. The molecular formula is C49H57ClN6O6. The zero-order valence-corrected chi connectivity index (χ0v) is 37.3. The van der Waals surface area contributed by atoms with Crippen molar-refractivity contribution in [2.45, 2.75) is 89.4 Å². The number of methoxy groups -OCH3 is 1. The number of anilines is 2. The molecule has 2 fully saturated rings. The number of likely N-dealkylation sites (N-methyl/N-ethyl adjacent to an activating group) is 1. The van der Waals surface area contributed by atoms with Crippen LogP contribution in [0, 0.1) is 5.92 Å². The SMILES string of the molecule is COc1cc2c(cc1OC(C)C)C(c1ccc(Cl)cc1)N(c1ccc(N(C)CC3CCC(N(C)CCc4ccc5c(c4)n(C)c(=O)n5C4CCC(=O)NC4=O)CC3)cc1)C(=O)C2. The van der Waals surface area contributed by atoms with E-state index < -0.39 is 11.9 Å². The van der Waals surface area contributed by atoms with Gasteiger partial charge in [-0.05, 0) is 148 Å². The van der Waals surface area contributed by atoms with Crippen LogP contribution in [0.5, 0.6) is 11.5 Å². The van der Waals surface area contributed by atoms with Crippen molar-refractivity contribution in [3.63, 3.8) is 0 Å².